The predicted molar refractivity (Wildman–Crippen MR) is 71.8 cm³/mol. The fourth-order valence-corrected chi connectivity index (χ4v) is 2.53. The zero-order valence-electron chi connectivity index (χ0n) is 11.6. The number of aromatic nitrogens is 2. The molecule has 18 heavy (non-hydrogen) atoms. The van der Waals surface area contributed by atoms with Crippen molar-refractivity contribution in [2.45, 2.75) is 58.9 Å². The molecule has 1 aromatic heterocycles. The van der Waals surface area contributed by atoms with E-state index in [1.807, 2.05) is 4.57 Å². The van der Waals surface area contributed by atoms with Crippen LogP contribution in [0.5, 0.6) is 0 Å². The van der Waals surface area contributed by atoms with E-state index in [0.29, 0.717) is 5.92 Å². The van der Waals surface area contributed by atoms with Gasteiger partial charge >= 0.3 is 5.97 Å². The molecule has 2 unspecified atom stereocenters. The smallest absolute Gasteiger partial charge is 0.372 e. The number of aromatic carboxylic acids is 1. The molecule has 1 heterocycles. The Morgan fingerprint density at radius 3 is 2.61 bits per heavy atom. The van der Waals surface area contributed by atoms with Crippen LogP contribution in [0.2, 0.25) is 0 Å². The standard InChI is InChI=1S/C14H24N2O2/c1-4-7-11(5-2)10-12(6-3)16-9-8-15-13(16)14(17)18/h8-9,11-12H,4-7,10H2,1-3H3,(H,17,18). The van der Waals surface area contributed by atoms with Gasteiger partial charge < -0.3 is 9.67 Å². The maximum Gasteiger partial charge on any atom is 0.372 e. The van der Waals surface area contributed by atoms with E-state index in [2.05, 4.69) is 25.8 Å². The molecule has 0 bridgehead atoms. The molecule has 4 nitrogen and oxygen atoms in total. The van der Waals surface area contributed by atoms with Crippen LogP contribution in [-0.2, 0) is 0 Å². The SMILES string of the molecule is CCCC(CC)CC(CC)n1ccnc1C(=O)O. The van der Waals surface area contributed by atoms with E-state index >= 15 is 0 Å². The van der Waals surface area contributed by atoms with Gasteiger partial charge in [0.15, 0.2) is 0 Å². The number of carbonyl (C=O) groups is 1. The Hall–Kier alpha value is -1.32. The Balaban J connectivity index is 2.82. The van der Waals surface area contributed by atoms with Crippen LogP contribution in [0.1, 0.15) is 69.5 Å². The number of hydrogen-bond donors (Lipinski definition) is 1. The molecule has 0 amide bonds. The van der Waals surface area contributed by atoms with Gasteiger partial charge in [-0.15, -0.1) is 0 Å². The number of carboxylic acids is 1. The first-order valence-corrected chi connectivity index (χ1v) is 6.90. The van der Waals surface area contributed by atoms with E-state index in [4.69, 9.17) is 5.11 Å². The topological polar surface area (TPSA) is 55.1 Å². The maximum atomic E-state index is 11.1. The molecule has 0 saturated carbocycles. The lowest BCUT2D eigenvalue weighted by Gasteiger charge is -2.23. The van der Waals surface area contributed by atoms with Crippen LogP contribution < -0.4 is 0 Å². The molecule has 4 heteroatoms. The Labute approximate surface area is 109 Å². The molecule has 0 aliphatic heterocycles. The molecular weight excluding hydrogens is 228 g/mol. The predicted octanol–water partition coefficient (Wildman–Crippen LogP) is 3.75. The first-order valence-electron chi connectivity index (χ1n) is 6.90. The molecule has 0 aliphatic rings. The highest BCUT2D eigenvalue weighted by Crippen LogP contribution is 2.27. The van der Waals surface area contributed by atoms with Gasteiger partial charge in [-0.25, -0.2) is 9.78 Å². The van der Waals surface area contributed by atoms with E-state index in [1.165, 1.54) is 12.8 Å². The van der Waals surface area contributed by atoms with Crippen LogP contribution in [0.25, 0.3) is 0 Å². The zero-order chi connectivity index (χ0) is 13.5. The molecular formula is C14H24N2O2. The van der Waals surface area contributed by atoms with E-state index < -0.39 is 5.97 Å². The highest BCUT2D eigenvalue weighted by molar-refractivity contribution is 5.83. The summed E-state index contributed by atoms with van der Waals surface area (Å²) in [6, 6.07) is 0.245. The lowest BCUT2D eigenvalue weighted by Crippen LogP contribution is -2.17. The molecule has 102 valence electrons. The average Bonchev–Trinajstić information content (AvgIpc) is 2.83. The minimum absolute atomic E-state index is 0.160. The van der Waals surface area contributed by atoms with E-state index in [0.717, 1.165) is 19.3 Å². The summed E-state index contributed by atoms with van der Waals surface area (Å²) in [5.74, 6) is -0.112. The summed E-state index contributed by atoms with van der Waals surface area (Å²) in [4.78, 5) is 15.0. The Bertz CT molecular complexity index is 374. The van der Waals surface area contributed by atoms with Crippen molar-refractivity contribution in [3.8, 4) is 0 Å². The lowest BCUT2D eigenvalue weighted by molar-refractivity contribution is 0.0674. The largest absolute Gasteiger partial charge is 0.475 e. The second kappa shape index (κ2) is 7.19. The summed E-state index contributed by atoms with van der Waals surface area (Å²) < 4.78 is 1.82. The van der Waals surface area contributed by atoms with Gasteiger partial charge in [-0.05, 0) is 18.8 Å². The third kappa shape index (κ3) is 3.59. The molecule has 0 saturated heterocycles. The Morgan fingerprint density at radius 2 is 2.11 bits per heavy atom. The number of hydrogen-bond acceptors (Lipinski definition) is 2. The van der Waals surface area contributed by atoms with Crippen molar-refractivity contribution >= 4 is 5.97 Å². The van der Waals surface area contributed by atoms with Crippen LogP contribution in [0.3, 0.4) is 0 Å². The summed E-state index contributed by atoms with van der Waals surface area (Å²) in [6.07, 6.45) is 8.90. The van der Waals surface area contributed by atoms with Gasteiger partial charge in [-0.3, -0.25) is 0 Å². The summed E-state index contributed by atoms with van der Waals surface area (Å²) in [5, 5.41) is 9.11. The quantitative estimate of drug-likeness (QED) is 0.766. The van der Waals surface area contributed by atoms with Crippen molar-refractivity contribution in [1.29, 1.82) is 0 Å². The normalized spacial score (nSPS) is 14.4. The molecule has 1 N–H and O–H groups in total. The third-order valence-corrected chi connectivity index (χ3v) is 3.60. The van der Waals surface area contributed by atoms with Crippen molar-refractivity contribution in [2.75, 3.05) is 0 Å². The van der Waals surface area contributed by atoms with Crippen molar-refractivity contribution in [1.82, 2.24) is 9.55 Å². The molecule has 0 radical (unpaired) electrons. The number of rotatable bonds is 8. The van der Waals surface area contributed by atoms with Crippen LogP contribution in [-0.4, -0.2) is 20.6 Å². The summed E-state index contributed by atoms with van der Waals surface area (Å²) in [6.45, 7) is 6.51. The lowest BCUT2D eigenvalue weighted by atomic mass is 9.92. The molecule has 0 aromatic carbocycles. The van der Waals surface area contributed by atoms with E-state index in [-0.39, 0.29) is 11.9 Å². The number of carboxylic acid groups (broad SMARTS) is 1. The van der Waals surface area contributed by atoms with E-state index in [9.17, 15) is 4.79 Å². The van der Waals surface area contributed by atoms with Crippen LogP contribution in [0.15, 0.2) is 12.4 Å². The van der Waals surface area contributed by atoms with Gasteiger partial charge in [0.2, 0.25) is 5.82 Å². The van der Waals surface area contributed by atoms with Crippen molar-refractivity contribution in [2.24, 2.45) is 5.92 Å². The summed E-state index contributed by atoms with van der Waals surface area (Å²) in [5.41, 5.74) is 0. The average molecular weight is 252 g/mol. The van der Waals surface area contributed by atoms with Gasteiger partial charge in [0.25, 0.3) is 0 Å². The molecule has 0 spiro atoms. The highest BCUT2D eigenvalue weighted by atomic mass is 16.4. The third-order valence-electron chi connectivity index (χ3n) is 3.60. The fourth-order valence-electron chi connectivity index (χ4n) is 2.53. The van der Waals surface area contributed by atoms with Gasteiger partial charge in [-0.2, -0.15) is 0 Å². The van der Waals surface area contributed by atoms with Crippen molar-refractivity contribution in [3.05, 3.63) is 18.2 Å². The highest BCUT2D eigenvalue weighted by Gasteiger charge is 2.20. The molecule has 0 fully saturated rings. The van der Waals surface area contributed by atoms with Crippen LogP contribution >= 0.6 is 0 Å². The van der Waals surface area contributed by atoms with Crippen molar-refractivity contribution < 1.29 is 9.90 Å². The van der Waals surface area contributed by atoms with Gasteiger partial charge in [0.05, 0.1) is 0 Å². The summed E-state index contributed by atoms with van der Waals surface area (Å²) in [7, 11) is 0. The monoisotopic (exact) mass is 252 g/mol. The Morgan fingerprint density at radius 1 is 1.39 bits per heavy atom. The first-order chi connectivity index (χ1) is 8.63. The van der Waals surface area contributed by atoms with Crippen LogP contribution in [0, 0.1) is 5.92 Å². The second-order valence-corrected chi connectivity index (χ2v) is 4.82. The minimum atomic E-state index is -0.943. The van der Waals surface area contributed by atoms with Gasteiger partial charge in [0.1, 0.15) is 0 Å². The molecule has 2 atom stereocenters. The minimum Gasteiger partial charge on any atom is -0.475 e. The Kier molecular flexibility index (Phi) is 5.89. The number of imidazole rings is 1. The molecule has 1 rings (SSSR count). The van der Waals surface area contributed by atoms with E-state index in [1.54, 1.807) is 12.4 Å². The first kappa shape index (κ1) is 14.7. The van der Waals surface area contributed by atoms with Crippen molar-refractivity contribution in [3.63, 3.8) is 0 Å². The molecule has 0 aliphatic carbocycles. The zero-order valence-corrected chi connectivity index (χ0v) is 11.6. The van der Waals surface area contributed by atoms with Gasteiger partial charge in [0, 0.05) is 18.4 Å². The fraction of sp³-hybridized carbons (Fsp3) is 0.714. The second-order valence-electron chi connectivity index (χ2n) is 4.82. The maximum absolute atomic E-state index is 11.1. The van der Waals surface area contributed by atoms with Crippen LogP contribution in [0.4, 0.5) is 0 Å². The molecule has 1 aromatic rings. The van der Waals surface area contributed by atoms with Gasteiger partial charge in [-0.1, -0.05) is 40.0 Å². The number of nitrogens with zero attached hydrogens (tertiary/aromatic N) is 2. The summed E-state index contributed by atoms with van der Waals surface area (Å²) >= 11 is 0.